The Morgan fingerprint density at radius 1 is 1.08 bits per heavy atom. The summed E-state index contributed by atoms with van der Waals surface area (Å²) in [7, 11) is -3.69. The van der Waals surface area contributed by atoms with E-state index >= 15 is 0 Å². The number of anilines is 1. The second kappa shape index (κ2) is 7.68. The topological polar surface area (TPSA) is 66.5 Å². The van der Waals surface area contributed by atoms with Crippen LogP contribution in [0.5, 0.6) is 0 Å². The van der Waals surface area contributed by atoms with E-state index in [0.717, 1.165) is 0 Å². The van der Waals surface area contributed by atoms with Crippen LogP contribution in [0.3, 0.4) is 0 Å². The van der Waals surface area contributed by atoms with Gasteiger partial charge in [0.05, 0.1) is 21.2 Å². The molecule has 1 N–H and O–H groups in total. The number of rotatable bonds is 6. The van der Waals surface area contributed by atoms with Crippen molar-refractivity contribution in [2.75, 3.05) is 17.8 Å². The van der Waals surface area contributed by atoms with Crippen LogP contribution < -0.4 is 4.72 Å². The third-order valence-electron chi connectivity index (χ3n) is 3.56. The summed E-state index contributed by atoms with van der Waals surface area (Å²) in [6, 6.07) is 12.5. The molecule has 1 amide bonds. The van der Waals surface area contributed by atoms with Crippen LogP contribution in [0.15, 0.2) is 53.4 Å². The van der Waals surface area contributed by atoms with Crippen LogP contribution in [0, 0.1) is 0 Å². The van der Waals surface area contributed by atoms with Crippen molar-refractivity contribution >= 4 is 33.2 Å². The number of hydrogen-bond donors (Lipinski definition) is 1. The molecule has 0 bridgehead atoms. The smallest absolute Gasteiger partial charge is 0.261 e. The summed E-state index contributed by atoms with van der Waals surface area (Å²) in [5.41, 5.74) is 0.656. The van der Waals surface area contributed by atoms with E-state index in [0.29, 0.717) is 24.3 Å². The number of amides is 1. The van der Waals surface area contributed by atoms with Crippen LogP contribution in [-0.2, 0) is 10.0 Å². The number of nitrogens with zero attached hydrogens (tertiary/aromatic N) is 1. The third kappa shape index (κ3) is 4.07. The van der Waals surface area contributed by atoms with Gasteiger partial charge >= 0.3 is 0 Å². The van der Waals surface area contributed by atoms with Crippen LogP contribution in [-0.4, -0.2) is 32.3 Å². The highest BCUT2D eigenvalue weighted by Gasteiger charge is 2.18. The summed E-state index contributed by atoms with van der Waals surface area (Å²) in [5.74, 6) is -0.178. The highest BCUT2D eigenvalue weighted by atomic mass is 35.5. The lowest BCUT2D eigenvalue weighted by Gasteiger charge is -2.19. The van der Waals surface area contributed by atoms with Crippen LogP contribution in [0.4, 0.5) is 5.69 Å². The van der Waals surface area contributed by atoms with Gasteiger partial charge in [-0.2, -0.15) is 0 Å². The van der Waals surface area contributed by atoms with Crippen molar-refractivity contribution in [3.8, 4) is 0 Å². The zero-order valence-electron chi connectivity index (χ0n) is 13.5. The van der Waals surface area contributed by atoms with Gasteiger partial charge in [-0.15, -0.1) is 0 Å². The second-order valence-electron chi connectivity index (χ2n) is 5.09. The Morgan fingerprint density at radius 2 is 1.71 bits per heavy atom. The van der Waals surface area contributed by atoms with Crippen LogP contribution in [0.25, 0.3) is 0 Å². The Bertz CT molecular complexity index is 819. The van der Waals surface area contributed by atoms with Crippen LogP contribution in [0.2, 0.25) is 5.02 Å². The molecule has 0 fully saturated rings. The minimum atomic E-state index is -3.69. The minimum absolute atomic E-state index is 0.157. The van der Waals surface area contributed by atoms with Crippen LogP contribution >= 0.6 is 11.6 Å². The van der Waals surface area contributed by atoms with Gasteiger partial charge in [0.25, 0.3) is 15.9 Å². The fourth-order valence-corrected chi connectivity index (χ4v) is 3.58. The molecule has 0 saturated carbocycles. The van der Waals surface area contributed by atoms with Crippen molar-refractivity contribution in [1.82, 2.24) is 4.90 Å². The van der Waals surface area contributed by atoms with Crippen molar-refractivity contribution in [2.24, 2.45) is 0 Å². The first kappa shape index (κ1) is 18.3. The predicted molar refractivity (Wildman–Crippen MR) is 96.0 cm³/mol. The third-order valence-corrected chi connectivity index (χ3v) is 5.27. The molecular weight excluding hydrogens is 348 g/mol. The molecule has 0 aliphatic heterocycles. The Balaban J connectivity index is 2.26. The molecule has 2 aromatic rings. The van der Waals surface area contributed by atoms with E-state index < -0.39 is 10.0 Å². The lowest BCUT2D eigenvalue weighted by molar-refractivity contribution is 0.0773. The molecule has 0 unspecified atom stereocenters. The van der Waals surface area contributed by atoms with E-state index in [1.165, 1.54) is 30.3 Å². The van der Waals surface area contributed by atoms with E-state index in [9.17, 15) is 13.2 Å². The summed E-state index contributed by atoms with van der Waals surface area (Å²) in [5, 5.41) is 0.208. The molecule has 0 aromatic heterocycles. The first-order valence-electron chi connectivity index (χ1n) is 7.55. The second-order valence-corrected chi connectivity index (χ2v) is 7.18. The van der Waals surface area contributed by atoms with E-state index in [2.05, 4.69) is 4.72 Å². The molecule has 7 heteroatoms. The first-order valence-corrected chi connectivity index (χ1v) is 9.41. The van der Waals surface area contributed by atoms with E-state index in [-0.39, 0.29) is 15.8 Å². The van der Waals surface area contributed by atoms with Crippen molar-refractivity contribution < 1.29 is 13.2 Å². The molecule has 128 valence electrons. The molecule has 2 rings (SSSR count). The Kier molecular flexibility index (Phi) is 5.85. The number of sulfonamides is 1. The highest BCUT2D eigenvalue weighted by Crippen LogP contribution is 2.24. The quantitative estimate of drug-likeness (QED) is 0.849. The van der Waals surface area contributed by atoms with Gasteiger partial charge < -0.3 is 4.90 Å². The normalized spacial score (nSPS) is 11.1. The van der Waals surface area contributed by atoms with Crippen molar-refractivity contribution in [3.05, 3.63) is 59.1 Å². The van der Waals surface area contributed by atoms with Gasteiger partial charge in [-0.1, -0.05) is 29.8 Å². The highest BCUT2D eigenvalue weighted by molar-refractivity contribution is 7.92. The lowest BCUT2D eigenvalue weighted by Crippen LogP contribution is -2.30. The molecule has 5 nitrogen and oxygen atoms in total. The van der Waals surface area contributed by atoms with Crippen LogP contribution in [0.1, 0.15) is 24.2 Å². The average Bonchev–Trinajstić information content (AvgIpc) is 2.56. The van der Waals surface area contributed by atoms with E-state index in [4.69, 9.17) is 11.6 Å². The number of benzene rings is 2. The molecule has 0 spiro atoms. The molecule has 0 atom stereocenters. The van der Waals surface area contributed by atoms with E-state index in [1.807, 2.05) is 13.8 Å². The molecule has 0 radical (unpaired) electrons. The molecule has 0 aliphatic rings. The average molecular weight is 367 g/mol. The Morgan fingerprint density at radius 3 is 2.25 bits per heavy atom. The fraction of sp³-hybridized carbons (Fsp3) is 0.235. The van der Waals surface area contributed by atoms with Gasteiger partial charge in [0.2, 0.25) is 0 Å². The summed E-state index contributed by atoms with van der Waals surface area (Å²) in [6.45, 7) is 4.93. The lowest BCUT2D eigenvalue weighted by atomic mass is 10.2. The molecule has 24 heavy (non-hydrogen) atoms. The number of carbonyl (C=O) groups excluding carboxylic acids is 1. The van der Waals surface area contributed by atoms with Gasteiger partial charge in [-0.05, 0) is 44.2 Å². The Labute approximate surface area is 147 Å². The standard InChI is InChI=1S/C17H19ClN2O3S/c1-3-20(4-2)17(21)15-11-10-13(12-16(15)18)19-24(22,23)14-8-6-5-7-9-14/h5-12,19H,3-4H2,1-2H3. The predicted octanol–water partition coefficient (Wildman–Crippen LogP) is 3.62. The molecule has 2 aromatic carbocycles. The maximum atomic E-state index is 12.3. The summed E-state index contributed by atoms with van der Waals surface area (Å²) in [6.07, 6.45) is 0. The van der Waals surface area contributed by atoms with E-state index in [1.54, 1.807) is 23.1 Å². The monoisotopic (exact) mass is 366 g/mol. The first-order chi connectivity index (χ1) is 11.4. The molecular formula is C17H19ClN2O3S. The number of halogens is 1. The number of nitrogens with one attached hydrogen (secondary N) is 1. The van der Waals surface area contributed by atoms with Crippen molar-refractivity contribution in [2.45, 2.75) is 18.7 Å². The maximum absolute atomic E-state index is 12.3. The van der Waals surface area contributed by atoms with Crippen molar-refractivity contribution in [3.63, 3.8) is 0 Å². The minimum Gasteiger partial charge on any atom is -0.339 e. The largest absolute Gasteiger partial charge is 0.339 e. The zero-order valence-corrected chi connectivity index (χ0v) is 15.1. The van der Waals surface area contributed by atoms with Crippen molar-refractivity contribution in [1.29, 1.82) is 0 Å². The SMILES string of the molecule is CCN(CC)C(=O)c1ccc(NS(=O)(=O)c2ccccc2)cc1Cl. The zero-order chi connectivity index (χ0) is 17.7. The summed E-state index contributed by atoms with van der Waals surface area (Å²) >= 11 is 6.17. The van der Waals surface area contributed by atoms with Gasteiger partial charge in [0.15, 0.2) is 0 Å². The Hall–Kier alpha value is -2.05. The molecule has 0 aliphatic carbocycles. The van der Waals surface area contributed by atoms with Gasteiger partial charge in [-0.25, -0.2) is 8.42 Å². The summed E-state index contributed by atoms with van der Waals surface area (Å²) in [4.78, 5) is 14.2. The van der Waals surface area contributed by atoms with Gasteiger partial charge in [0.1, 0.15) is 0 Å². The maximum Gasteiger partial charge on any atom is 0.261 e. The summed E-state index contributed by atoms with van der Waals surface area (Å²) < 4.78 is 27.1. The molecule has 0 heterocycles. The van der Waals surface area contributed by atoms with Gasteiger partial charge in [0, 0.05) is 13.1 Å². The fourth-order valence-electron chi connectivity index (χ4n) is 2.25. The van der Waals surface area contributed by atoms with Gasteiger partial charge in [-0.3, -0.25) is 9.52 Å². The molecule has 0 saturated heterocycles. The number of hydrogen-bond acceptors (Lipinski definition) is 3. The number of carbonyl (C=O) groups is 1.